The molecule has 38 heavy (non-hydrogen) atoms. The van der Waals surface area contributed by atoms with Gasteiger partial charge >= 0.3 is 0 Å². The Morgan fingerprint density at radius 3 is 1.68 bits per heavy atom. The number of fused-ring (bicyclic) bond motifs is 8. The van der Waals surface area contributed by atoms with Crippen molar-refractivity contribution in [2.75, 3.05) is 4.90 Å². The highest BCUT2D eigenvalue weighted by atomic mass is 32.2. The van der Waals surface area contributed by atoms with E-state index in [-0.39, 0.29) is 0 Å². The van der Waals surface area contributed by atoms with Crippen LogP contribution in [0.15, 0.2) is 149 Å². The molecule has 0 saturated heterocycles. The molecule has 1 aliphatic heterocycles. The molecule has 0 aromatic heterocycles. The van der Waals surface area contributed by atoms with Crippen LogP contribution in [0.3, 0.4) is 0 Å². The molecule has 8 rings (SSSR count). The monoisotopic (exact) mass is 501 g/mol. The third-order valence-electron chi connectivity index (χ3n) is 7.62. The minimum absolute atomic E-state index is 1.18. The van der Waals surface area contributed by atoms with Crippen molar-refractivity contribution in [2.24, 2.45) is 0 Å². The van der Waals surface area contributed by atoms with Crippen LogP contribution in [0, 0.1) is 0 Å². The molecule has 178 valence electrons. The van der Waals surface area contributed by atoms with Crippen LogP contribution in [0.2, 0.25) is 0 Å². The number of nitrogens with zero attached hydrogens (tertiary/aromatic N) is 1. The molecule has 0 fully saturated rings. The standard InChI is InChI=1S/C36H23NS/c1-2-10-24(11-3-1)25-18-21-34-36(22-25)38-35-17-9-8-16-33(35)37(34)26-19-20-31-29-14-5-4-12-27(29)28-13-6-7-15-30(28)32(31)23-26/h1-23H. The van der Waals surface area contributed by atoms with Crippen molar-refractivity contribution in [1.29, 1.82) is 0 Å². The maximum absolute atomic E-state index is 2.43. The van der Waals surface area contributed by atoms with E-state index < -0.39 is 0 Å². The van der Waals surface area contributed by atoms with Gasteiger partial charge in [-0.05, 0) is 79.8 Å². The van der Waals surface area contributed by atoms with Crippen molar-refractivity contribution < 1.29 is 0 Å². The smallest absolute Gasteiger partial charge is 0.0602 e. The summed E-state index contributed by atoms with van der Waals surface area (Å²) in [5, 5.41) is 7.78. The van der Waals surface area contributed by atoms with E-state index in [0.717, 1.165) is 0 Å². The number of para-hydroxylation sites is 1. The van der Waals surface area contributed by atoms with Crippen LogP contribution in [0.5, 0.6) is 0 Å². The van der Waals surface area contributed by atoms with Crippen molar-refractivity contribution in [2.45, 2.75) is 9.79 Å². The quantitative estimate of drug-likeness (QED) is 0.217. The Morgan fingerprint density at radius 2 is 0.947 bits per heavy atom. The molecule has 0 radical (unpaired) electrons. The summed E-state index contributed by atoms with van der Waals surface area (Å²) in [4.78, 5) is 4.97. The molecular weight excluding hydrogens is 478 g/mol. The first-order valence-electron chi connectivity index (χ1n) is 12.9. The van der Waals surface area contributed by atoms with Crippen molar-refractivity contribution in [1.82, 2.24) is 0 Å². The van der Waals surface area contributed by atoms with Gasteiger partial charge in [0.1, 0.15) is 0 Å². The highest BCUT2D eigenvalue weighted by molar-refractivity contribution is 7.99. The van der Waals surface area contributed by atoms with E-state index in [9.17, 15) is 0 Å². The molecule has 7 aromatic carbocycles. The van der Waals surface area contributed by atoms with Gasteiger partial charge in [-0.2, -0.15) is 0 Å². The zero-order valence-corrected chi connectivity index (χ0v) is 21.5. The summed E-state index contributed by atoms with van der Waals surface area (Å²) in [6.07, 6.45) is 0. The lowest BCUT2D eigenvalue weighted by Gasteiger charge is -2.33. The molecule has 0 atom stereocenters. The van der Waals surface area contributed by atoms with Gasteiger partial charge in [-0.3, -0.25) is 0 Å². The fraction of sp³-hybridized carbons (Fsp3) is 0. The van der Waals surface area contributed by atoms with E-state index in [1.807, 2.05) is 11.8 Å². The first-order chi connectivity index (χ1) is 18.8. The molecule has 0 saturated carbocycles. The van der Waals surface area contributed by atoms with Crippen LogP contribution in [0.25, 0.3) is 43.4 Å². The predicted molar refractivity (Wildman–Crippen MR) is 163 cm³/mol. The first-order valence-corrected chi connectivity index (χ1v) is 13.8. The van der Waals surface area contributed by atoms with Gasteiger partial charge in [-0.25, -0.2) is 0 Å². The summed E-state index contributed by atoms with van der Waals surface area (Å²) in [5.41, 5.74) is 6.11. The zero-order chi connectivity index (χ0) is 25.1. The van der Waals surface area contributed by atoms with E-state index in [2.05, 4.69) is 144 Å². The van der Waals surface area contributed by atoms with E-state index in [1.54, 1.807) is 0 Å². The van der Waals surface area contributed by atoms with Gasteiger partial charge in [0.2, 0.25) is 0 Å². The van der Waals surface area contributed by atoms with Crippen LogP contribution in [0.1, 0.15) is 0 Å². The Morgan fingerprint density at radius 1 is 0.368 bits per heavy atom. The second-order valence-corrected chi connectivity index (χ2v) is 10.9. The van der Waals surface area contributed by atoms with Gasteiger partial charge in [-0.15, -0.1) is 0 Å². The lowest BCUT2D eigenvalue weighted by Crippen LogP contribution is -2.14. The molecule has 0 spiro atoms. The number of anilines is 3. The minimum atomic E-state index is 1.18. The van der Waals surface area contributed by atoms with Crippen molar-refractivity contribution >= 4 is 61.1 Å². The lowest BCUT2D eigenvalue weighted by atomic mass is 9.94. The fourth-order valence-electron chi connectivity index (χ4n) is 5.88. The molecule has 0 bridgehead atoms. The van der Waals surface area contributed by atoms with Crippen molar-refractivity contribution in [3.05, 3.63) is 140 Å². The van der Waals surface area contributed by atoms with Crippen LogP contribution >= 0.6 is 11.8 Å². The molecule has 2 heteroatoms. The van der Waals surface area contributed by atoms with Gasteiger partial charge in [0.25, 0.3) is 0 Å². The fourth-order valence-corrected chi connectivity index (χ4v) is 6.98. The minimum Gasteiger partial charge on any atom is -0.308 e. The average Bonchev–Trinajstić information content (AvgIpc) is 3.00. The summed E-state index contributed by atoms with van der Waals surface area (Å²) in [7, 11) is 0. The van der Waals surface area contributed by atoms with Crippen molar-refractivity contribution in [3.8, 4) is 11.1 Å². The zero-order valence-electron chi connectivity index (χ0n) is 20.6. The average molecular weight is 502 g/mol. The molecule has 1 nitrogen and oxygen atoms in total. The summed E-state index contributed by atoms with van der Waals surface area (Å²) in [6.45, 7) is 0. The topological polar surface area (TPSA) is 3.24 Å². The van der Waals surface area contributed by atoms with Gasteiger partial charge in [0.15, 0.2) is 0 Å². The van der Waals surface area contributed by atoms with E-state index >= 15 is 0 Å². The molecule has 0 aliphatic carbocycles. The lowest BCUT2D eigenvalue weighted by molar-refractivity contribution is 1.17. The maximum Gasteiger partial charge on any atom is 0.0602 e. The Bertz CT molecular complexity index is 1970. The normalized spacial score (nSPS) is 12.6. The molecule has 0 N–H and O–H groups in total. The molecule has 1 aliphatic rings. The number of hydrogen-bond donors (Lipinski definition) is 0. The number of hydrogen-bond acceptors (Lipinski definition) is 2. The van der Waals surface area contributed by atoms with E-state index in [1.165, 1.54) is 70.3 Å². The second-order valence-electron chi connectivity index (χ2n) is 9.77. The third-order valence-corrected chi connectivity index (χ3v) is 8.73. The Hall–Kier alpha value is -4.53. The second kappa shape index (κ2) is 8.51. The molecule has 0 amide bonds. The van der Waals surface area contributed by atoms with Crippen LogP contribution in [0.4, 0.5) is 17.1 Å². The van der Waals surface area contributed by atoms with Gasteiger partial charge in [-0.1, -0.05) is 115 Å². The van der Waals surface area contributed by atoms with Gasteiger partial charge < -0.3 is 4.90 Å². The third kappa shape index (κ3) is 3.27. The van der Waals surface area contributed by atoms with E-state index in [0.29, 0.717) is 0 Å². The molecular formula is C36H23NS. The summed E-state index contributed by atoms with van der Waals surface area (Å²) in [6, 6.07) is 50.8. The van der Waals surface area contributed by atoms with Crippen LogP contribution < -0.4 is 4.90 Å². The van der Waals surface area contributed by atoms with Crippen LogP contribution in [-0.2, 0) is 0 Å². The van der Waals surface area contributed by atoms with Gasteiger partial charge in [0.05, 0.1) is 11.4 Å². The molecule has 7 aromatic rings. The van der Waals surface area contributed by atoms with Crippen molar-refractivity contribution in [3.63, 3.8) is 0 Å². The summed E-state index contributed by atoms with van der Waals surface area (Å²) >= 11 is 1.86. The summed E-state index contributed by atoms with van der Waals surface area (Å²) in [5.74, 6) is 0. The molecule has 1 heterocycles. The highest BCUT2D eigenvalue weighted by Gasteiger charge is 2.25. The predicted octanol–water partition coefficient (Wildman–Crippen LogP) is 10.7. The molecule has 0 unspecified atom stereocenters. The largest absolute Gasteiger partial charge is 0.308 e. The number of benzene rings is 7. The highest BCUT2D eigenvalue weighted by Crippen LogP contribution is 2.52. The maximum atomic E-state index is 2.43. The SMILES string of the molecule is c1ccc(-c2ccc3c(c2)Sc2ccccc2N3c2ccc3c4ccccc4c4ccccc4c3c2)cc1. The Labute approximate surface area is 226 Å². The summed E-state index contributed by atoms with van der Waals surface area (Å²) < 4.78 is 0. The number of rotatable bonds is 2. The first kappa shape index (κ1) is 21.5. The van der Waals surface area contributed by atoms with Gasteiger partial charge in [0, 0.05) is 15.5 Å². The Kier molecular flexibility index (Phi) is 4.83. The Balaban J connectivity index is 1.38. The van der Waals surface area contributed by atoms with Crippen LogP contribution in [-0.4, -0.2) is 0 Å². The van der Waals surface area contributed by atoms with E-state index in [4.69, 9.17) is 0 Å².